The number of aryl methyl sites for hydroxylation is 1. The summed E-state index contributed by atoms with van der Waals surface area (Å²) in [4.78, 5) is 23.7. The summed E-state index contributed by atoms with van der Waals surface area (Å²) in [6.07, 6.45) is 8.58. The van der Waals surface area contributed by atoms with Crippen molar-refractivity contribution in [1.82, 2.24) is 14.9 Å². The van der Waals surface area contributed by atoms with Gasteiger partial charge in [0.15, 0.2) is 0 Å². The van der Waals surface area contributed by atoms with Gasteiger partial charge in [-0.3, -0.25) is 0 Å². The molecule has 7 nitrogen and oxygen atoms in total. The third-order valence-corrected chi connectivity index (χ3v) is 6.82. The van der Waals surface area contributed by atoms with Crippen LogP contribution in [0.3, 0.4) is 0 Å². The molecule has 0 bridgehead atoms. The van der Waals surface area contributed by atoms with Crippen LogP contribution in [0.2, 0.25) is 5.02 Å². The molecule has 1 amide bonds. The molecule has 32 heavy (non-hydrogen) atoms. The van der Waals surface area contributed by atoms with Gasteiger partial charge in [0.2, 0.25) is 5.95 Å². The van der Waals surface area contributed by atoms with Gasteiger partial charge in [0.25, 0.3) is 0 Å². The summed E-state index contributed by atoms with van der Waals surface area (Å²) in [6.45, 7) is 5.05. The molecule has 1 aromatic carbocycles. The van der Waals surface area contributed by atoms with Crippen LogP contribution in [0.1, 0.15) is 43.7 Å². The van der Waals surface area contributed by atoms with E-state index in [9.17, 15) is 4.79 Å². The average Bonchev–Trinajstić information content (AvgIpc) is 2.82. The largest absolute Gasteiger partial charge is 0.489 e. The highest BCUT2D eigenvalue weighted by atomic mass is 35.5. The number of ether oxygens (including phenoxy) is 1. The lowest BCUT2D eigenvalue weighted by atomic mass is 9.90. The molecule has 172 valence electrons. The lowest BCUT2D eigenvalue weighted by Crippen LogP contribution is -2.39. The summed E-state index contributed by atoms with van der Waals surface area (Å²) in [7, 11) is 0. The molecule has 0 aliphatic carbocycles. The Balaban J connectivity index is 1.26. The maximum atomic E-state index is 11.1. The molecule has 0 spiro atoms. The van der Waals surface area contributed by atoms with Gasteiger partial charge in [-0.2, -0.15) is 0 Å². The molecule has 0 atom stereocenters. The number of carboxylic acid groups (broad SMARTS) is 1. The van der Waals surface area contributed by atoms with Crippen LogP contribution in [-0.2, 0) is 12.8 Å². The first-order chi connectivity index (χ1) is 15.5. The fourth-order valence-electron chi connectivity index (χ4n) is 4.48. The SMILES string of the molecule is CCc1cnc(N2CCC(Oc3ccc(CC4CCN(C(=O)O)CC4)cc3Cl)CC2)nc1. The smallest absolute Gasteiger partial charge is 0.407 e. The molecule has 0 unspecified atom stereocenters. The Morgan fingerprint density at radius 3 is 2.38 bits per heavy atom. The lowest BCUT2D eigenvalue weighted by Gasteiger charge is -2.32. The average molecular weight is 459 g/mol. The molecule has 2 aliphatic heterocycles. The van der Waals surface area contributed by atoms with Gasteiger partial charge in [-0.25, -0.2) is 14.8 Å². The van der Waals surface area contributed by atoms with E-state index in [0.717, 1.165) is 68.9 Å². The van der Waals surface area contributed by atoms with E-state index in [0.29, 0.717) is 24.0 Å². The van der Waals surface area contributed by atoms with Crippen LogP contribution in [0.25, 0.3) is 0 Å². The number of rotatable bonds is 6. The van der Waals surface area contributed by atoms with E-state index < -0.39 is 6.09 Å². The van der Waals surface area contributed by atoms with Gasteiger partial charge in [0, 0.05) is 51.4 Å². The van der Waals surface area contributed by atoms with Crippen LogP contribution in [0, 0.1) is 5.92 Å². The summed E-state index contributed by atoms with van der Waals surface area (Å²) < 4.78 is 6.22. The van der Waals surface area contributed by atoms with E-state index in [-0.39, 0.29) is 6.10 Å². The number of amides is 1. The van der Waals surface area contributed by atoms with Crippen molar-refractivity contribution in [2.24, 2.45) is 5.92 Å². The van der Waals surface area contributed by atoms with Crippen LogP contribution in [0.4, 0.5) is 10.7 Å². The lowest BCUT2D eigenvalue weighted by molar-refractivity contribution is 0.124. The third-order valence-electron chi connectivity index (χ3n) is 6.52. The van der Waals surface area contributed by atoms with Crippen LogP contribution in [0.5, 0.6) is 5.75 Å². The Kier molecular flexibility index (Phi) is 7.35. The topological polar surface area (TPSA) is 78.8 Å². The van der Waals surface area contributed by atoms with Gasteiger partial charge in [-0.15, -0.1) is 0 Å². The number of halogens is 1. The van der Waals surface area contributed by atoms with Gasteiger partial charge >= 0.3 is 6.09 Å². The molecule has 4 rings (SSSR count). The van der Waals surface area contributed by atoms with Crippen LogP contribution in [-0.4, -0.2) is 58.4 Å². The molecule has 8 heteroatoms. The molecule has 0 radical (unpaired) electrons. The molecular formula is C24H31ClN4O3. The van der Waals surface area contributed by atoms with Crippen molar-refractivity contribution in [1.29, 1.82) is 0 Å². The van der Waals surface area contributed by atoms with E-state index in [4.69, 9.17) is 21.4 Å². The highest BCUT2D eigenvalue weighted by molar-refractivity contribution is 6.32. The number of carbonyl (C=O) groups is 1. The normalized spacial score (nSPS) is 18.1. The molecular weight excluding hydrogens is 428 g/mol. The second-order valence-electron chi connectivity index (χ2n) is 8.73. The molecule has 1 N–H and O–H groups in total. The van der Waals surface area contributed by atoms with Crippen LogP contribution >= 0.6 is 11.6 Å². The maximum Gasteiger partial charge on any atom is 0.407 e. The number of nitrogens with zero attached hydrogens (tertiary/aromatic N) is 4. The van der Waals surface area contributed by atoms with E-state index in [1.165, 1.54) is 10.5 Å². The van der Waals surface area contributed by atoms with E-state index in [1.807, 2.05) is 24.5 Å². The maximum absolute atomic E-state index is 11.1. The summed E-state index contributed by atoms with van der Waals surface area (Å²) >= 11 is 6.54. The summed E-state index contributed by atoms with van der Waals surface area (Å²) in [6, 6.07) is 6.06. The second-order valence-corrected chi connectivity index (χ2v) is 9.14. The first-order valence-electron chi connectivity index (χ1n) is 11.5. The summed E-state index contributed by atoms with van der Waals surface area (Å²) in [5.41, 5.74) is 2.33. The van der Waals surface area contributed by atoms with Crippen molar-refractivity contribution in [3.05, 3.63) is 46.7 Å². The molecule has 2 aromatic rings. The molecule has 2 fully saturated rings. The molecule has 1 aromatic heterocycles. The standard InChI is InChI=1S/C24H31ClN4O3/c1-2-17-15-26-23(27-16-17)28-11-7-20(8-12-28)32-22-4-3-19(14-21(22)25)13-18-5-9-29(10-6-18)24(30)31/h3-4,14-16,18,20H,2,5-13H2,1H3,(H,30,31). The van der Waals surface area contributed by atoms with Gasteiger partial charge < -0.3 is 19.6 Å². The quantitative estimate of drug-likeness (QED) is 0.677. The Bertz CT molecular complexity index is 908. The number of hydrogen-bond acceptors (Lipinski definition) is 5. The highest BCUT2D eigenvalue weighted by Crippen LogP contribution is 2.31. The van der Waals surface area contributed by atoms with Gasteiger partial charge in [0.1, 0.15) is 11.9 Å². The van der Waals surface area contributed by atoms with Crippen LogP contribution in [0.15, 0.2) is 30.6 Å². The van der Waals surface area contributed by atoms with E-state index >= 15 is 0 Å². The number of benzene rings is 1. The Labute approximate surface area is 194 Å². The number of aromatic nitrogens is 2. The van der Waals surface area contributed by atoms with Crippen molar-refractivity contribution in [2.75, 3.05) is 31.1 Å². The highest BCUT2D eigenvalue weighted by Gasteiger charge is 2.24. The summed E-state index contributed by atoms with van der Waals surface area (Å²) in [5, 5.41) is 9.74. The zero-order valence-corrected chi connectivity index (χ0v) is 19.3. The fourth-order valence-corrected chi connectivity index (χ4v) is 4.72. The predicted molar refractivity (Wildman–Crippen MR) is 125 cm³/mol. The first kappa shape index (κ1) is 22.6. The molecule has 2 aliphatic rings. The van der Waals surface area contributed by atoms with E-state index in [1.54, 1.807) is 0 Å². The first-order valence-corrected chi connectivity index (χ1v) is 11.9. The minimum Gasteiger partial charge on any atom is -0.489 e. The molecule has 3 heterocycles. The van der Waals surface area contributed by atoms with Crippen molar-refractivity contribution in [2.45, 2.75) is 51.6 Å². The number of piperidine rings is 2. The fraction of sp³-hybridized carbons (Fsp3) is 0.542. The summed E-state index contributed by atoms with van der Waals surface area (Å²) in [5.74, 6) is 2.02. The van der Waals surface area contributed by atoms with Crippen molar-refractivity contribution >= 4 is 23.6 Å². The third kappa shape index (κ3) is 5.63. The number of hydrogen-bond donors (Lipinski definition) is 1. The van der Waals surface area contributed by atoms with Crippen LogP contribution < -0.4 is 9.64 Å². The minimum atomic E-state index is -0.819. The van der Waals surface area contributed by atoms with Crippen molar-refractivity contribution in [3.8, 4) is 5.75 Å². The molecule has 2 saturated heterocycles. The van der Waals surface area contributed by atoms with E-state index in [2.05, 4.69) is 27.9 Å². The Morgan fingerprint density at radius 2 is 1.78 bits per heavy atom. The zero-order valence-electron chi connectivity index (χ0n) is 18.5. The number of anilines is 1. The molecule has 0 saturated carbocycles. The minimum absolute atomic E-state index is 0.130. The number of likely N-dealkylation sites (tertiary alicyclic amines) is 1. The second kappa shape index (κ2) is 10.4. The van der Waals surface area contributed by atoms with Gasteiger partial charge in [-0.05, 0) is 54.9 Å². The van der Waals surface area contributed by atoms with Gasteiger partial charge in [-0.1, -0.05) is 24.6 Å². The predicted octanol–water partition coefficient (Wildman–Crippen LogP) is 4.67. The van der Waals surface area contributed by atoms with Gasteiger partial charge in [0.05, 0.1) is 5.02 Å². The van der Waals surface area contributed by atoms with Crippen molar-refractivity contribution < 1.29 is 14.6 Å². The Hall–Kier alpha value is -2.54. The van der Waals surface area contributed by atoms with Crippen molar-refractivity contribution in [3.63, 3.8) is 0 Å². The monoisotopic (exact) mass is 458 g/mol. The zero-order chi connectivity index (χ0) is 22.5. The Morgan fingerprint density at radius 1 is 1.09 bits per heavy atom.